The molecule has 0 radical (unpaired) electrons. The molecule has 0 saturated heterocycles. The molecule has 0 aromatic carbocycles. The molecule has 3 heteroatoms. The molecular weight excluding hydrogens is 538 g/mol. The lowest BCUT2D eigenvalue weighted by molar-refractivity contribution is -0.0287. The molecule has 260 valence electrons. The minimum atomic E-state index is 0.195. The van der Waals surface area contributed by atoms with Gasteiger partial charge in [0.05, 0.1) is 12.7 Å². The Kier molecular flexibility index (Phi) is 37.5. The van der Waals surface area contributed by atoms with Crippen LogP contribution in [0, 0.1) is 0 Å². The highest BCUT2D eigenvalue weighted by atomic mass is 16.5. The van der Waals surface area contributed by atoms with Gasteiger partial charge in [-0.3, -0.25) is 0 Å². The molecule has 0 fully saturated rings. The van der Waals surface area contributed by atoms with Gasteiger partial charge in [-0.05, 0) is 84.7 Å². The molecule has 0 saturated carbocycles. The van der Waals surface area contributed by atoms with E-state index in [1.807, 2.05) is 0 Å². The van der Waals surface area contributed by atoms with Crippen molar-refractivity contribution in [2.45, 2.75) is 187 Å². The minimum Gasteiger partial charge on any atom is -0.379 e. The summed E-state index contributed by atoms with van der Waals surface area (Å²) in [5, 5.41) is 0. The summed E-state index contributed by atoms with van der Waals surface area (Å²) >= 11 is 0. The first-order valence-corrected chi connectivity index (χ1v) is 19.5. The number of rotatable bonds is 36. The molecule has 0 rings (SSSR count). The van der Waals surface area contributed by atoms with Crippen molar-refractivity contribution in [1.82, 2.24) is 4.90 Å². The lowest BCUT2D eigenvalue weighted by Crippen LogP contribution is -2.32. The fourth-order valence-corrected chi connectivity index (χ4v) is 5.57. The van der Waals surface area contributed by atoms with E-state index in [9.17, 15) is 0 Å². The molecule has 0 aliphatic rings. The monoisotopic (exact) mass is 618 g/mol. The van der Waals surface area contributed by atoms with E-state index in [2.05, 4.69) is 69.3 Å². The van der Waals surface area contributed by atoms with E-state index in [1.165, 1.54) is 161 Å². The van der Waals surface area contributed by atoms with Crippen LogP contribution < -0.4 is 0 Å². The van der Waals surface area contributed by atoms with Crippen molar-refractivity contribution in [3.8, 4) is 0 Å². The van der Waals surface area contributed by atoms with Gasteiger partial charge in [0.2, 0.25) is 0 Å². The fourth-order valence-electron chi connectivity index (χ4n) is 5.57. The van der Waals surface area contributed by atoms with Crippen LogP contribution in [0.15, 0.2) is 36.5 Å². The Hall–Kier alpha value is -0.900. The van der Waals surface area contributed by atoms with Gasteiger partial charge in [-0.1, -0.05) is 147 Å². The van der Waals surface area contributed by atoms with Crippen LogP contribution in [0.4, 0.5) is 0 Å². The zero-order chi connectivity index (χ0) is 32.0. The molecule has 1 unspecified atom stereocenters. The minimum absolute atomic E-state index is 0.195. The maximum Gasteiger partial charge on any atom is 0.0934 e. The SMILES string of the molecule is CCCCCC=CCC=CCCCCCCCCOCC(CN(C)C)OCCCCCCCCCCCC=CCCCCC. The van der Waals surface area contributed by atoms with Gasteiger partial charge in [0, 0.05) is 19.8 Å². The van der Waals surface area contributed by atoms with Crippen LogP contribution >= 0.6 is 0 Å². The van der Waals surface area contributed by atoms with E-state index in [1.54, 1.807) is 0 Å². The van der Waals surface area contributed by atoms with Crippen molar-refractivity contribution in [2.24, 2.45) is 0 Å². The van der Waals surface area contributed by atoms with Crippen LogP contribution in [0.5, 0.6) is 0 Å². The molecule has 0 aromatic rings. The first-order valence-electron chi connectivity index (χ1n) is 19.5. The molecule has 0 aromatic heterocycles. The summed E-state index contributed by atoms with van der Waals surface area (Å²) in [4.78, 5) is 2.22. The van der Waals surface area contributed by atoms with E-state index < -0.39 is 0 Å². The summed E-state index contributed by atoms with van der Waals surface area (Å²) in [6.07, 6.45) is 48.6. The number of hydrogen-bond acceptors (Lipinski definition) is 3. The van der Waals surface area contributed by atoms with Crippen LogP contribution in [-0.2, 0) is 9.47 Å². The summed E-state index contributed by atoms with van der Waals surface area (Å²) in [7, 11) is 4.26. The van der Waals surface area contributed by atoms with Crippen molar-refractivity contribution < 1.29 is 9.47 Å². The number of nitrogens with zero attached hydrogens (tertiary/aromatic N) is 1. The zero-order valence-corrected chi connectivity index (χ0v) is 30.5. The van der Waals surface area contributed by atoms with Crippen LogP contribution in [0.25, 0.3) is 0 Å². The van der Waals surface area contributed by atoms with Crippen LogP contribution in [0.2, 0.25) is 0 Å². The number of allylic oxidation sites excluding steroid dienone is 6. The van der Waals surface area contributed by atoms with E-state index in [0.717, 1.165) is 32.8 Å². The summed E-state index contributed by atoms with van der Waals surface area (Å²) in [6.45, 7) is 7.96. The third-order valence-corrected chi connectivity index (χ3v) is 8.37. The summed E-state index contributed by atoms with van der Waals surface area (Å²) in [5.41, 5.74) is 0. The lowest BCUT2D eigenvalue weighted by atomic mass is 10.1. The predicted molar refractivity (Wildman–Crippen MR) is 198 cm³/mol. The largest absolute Gasteiger partial charge is 0.379 e. The average Bonchev–Trinajstić information content (AvgIpc) is 3.01. The van der Waals surface area contributed by atoms with E-state index in [4.69, 9.17) is 9.47 Å². The van der Waals surface area contributed by atoms with Gasteiger partial charge in [-0.15, -0.1) is 0 Å². The Bertz CT molecular complexity index is 612. The Morgan fingerprint density at radius 1 is 0.455 bits per heavy atom. The molecular formula is C41H79NO2. The van der Waals surface area contributed by atoms with Crippen molar-refractivity contribution in [3.63, 3.8) is 0 Å². The van der Waals surface area contributed by atoms with E-state index in [-0.39, 0.29) is 6.10 Å². The highest BCUT2D eigenvalue weighted by Gasteiger charge is 2.10. The number of likely N-dealkylation sites (N-methyl/N-ethyl adjacent to an activating group) is 1. The van der Waals surface area contributed by atoms with Crippen molar-refractivity contribution in [2.75, 3.05) is 40.5 Å². The van der Waals surface area contributed by atoms with Gasteiger partial charge in [0.1, 0.15) is 0 Å². The lowest BCUT2D eigenvalue weighted by Gasteiger charge is -2.21. The highest BCUT2D eigenvalue weighted by molar-refractivity contribution is 4.92. The predicted octanol–water partition coefficient (Wildman–Crippen LogP) is 12.8. The summed E-state index contributed by atoms with van der Waals surface area (Å²) in [5.74, 6) is 0. The molecule has 0 aliphatic carbocycles. The topological polar surface area (TPSA) is 21.7 Å². The van der Waals surface area contributed by atoms with Gasteiger partial charge in [0.25, 0.3) is 0 Å². The second-order valence-electron chi connectivity index (χ2n) is 13.4. The van der Waals surface area contributed by atoms with Crippen LogP contribution in [-0.4, -0.2) is 51.5 Å². The molecule has 0 bridgehead atoms. The normalized spacial score (nSPS) is 13.0. The molecule has 0 N–H and O–H groups in total. The van der Waals surface area contributed by atoms with Crippen molar-refractivity contribution in [1.29, 1.82) is 0 Å². The quantitative estimate of drug-likeness (QED) is 0.0515. The Balaban J connectivity index is 3.54. The first kappa shape index (κ1) is 43.1. The van der Waals surface area contributed by atoms with Gasteiger partial charge in [-0.2, -0.15) is 0 Å². The maximum absolute atomic E-state index is 6.22. The van der Waals surface area contributed by atoms with Gasteiger partial charge in [0.15, 0.2) is 0 Å². The molecule has 0 spiro atoms. The van der Waals surface area contributed by atoms with E-state index >= 15 is 0 Å². The van der Waals surface area contributed by atoms with Crippen LogP contribution in [0.3, 0.4) is 0 Å². The molecule has 0 aliphatic heterocycles. The number of unbranched alkanes of at least 4 members (excludes halogenated alkanes) is 21. The third-order valence-electron chi connectivity index (χ3n) is 8.37. The maximum atomic E-state index is 6.22. The second-order valence-corrected chi connectivity index (χ2v) is 13.4. The van der Waals surface area contributed by atoms with Gasteiger partial charge < -0.3 is 14.4 Å². The Labute approximate surface area is 277 Å². The second kappa shape index (κ2) is 38.3. The molecule has 0 heterocycles. The standard InChI is InChI=1S/C41H79NO2/c1-5-7-9-11-13-15-17-19-21-23-25-27-29-31-33-35-37-43-40-41(39-42(3)4)44-38-36-34-32-30-28-26-24-22-20-18-16-14-12-10-8-6-2/h13-16,19,21,41H,5-12,17-18,20,22-40H2,1-4H3. The molecule has 1 atom stereocenters. The summed E-state index contributed by atoms with van der Waals surface area (Å²) in [6, 6.07) is 0. The fraction of sp³-hybridized carbons (Fsp3) is 0.854. The molecule has 3 nitrogen and oxygen atoms in total. The Morgan fingerprint density at radius 2 is 0.841 bits per heavy atom. The van der Waals surface area contributed by atoms with Crippen LogP contribution in [0.1, 0.15) is 181 Å². The van der Waals surface area contributed by atoms with Gasteiger partial charge in [-0.25, -0.2) is 0 Å². The van der Waals surface area contributed by atoms with Crippen molar-refractivity contribution >= 4 is 0 Å². The number of ether oxygens (including phenoxy) is 2. The van der Waals surface area contributed by atoms with E-state index in [0.29, 0.717) is 0 Å². The van der Waals surface area contributed by atoms with Gasteiger partial charge >= 0.3 is 0 Å². The average molecular weight is 618 g/mol. The van der Waals surface area contributed by atoms with Crippen molar-refractivity contribution in [3.05, 3.63) is 36.5 Å². The zero-order valence-electron chi connectivity index (χ0n) is 30.5. The molecule has 0 amide bonds. The number of hydrogen-bond donors (Lipinski definition) is 0. The molecule has 44 heavy (non-hydrogen) atoms. The first-order chi connectivity index (χ1) is 21.7. The highest BCUT2D eigenvalue weighted by Crippen LogP contribution is 2.12. The summed E-state index contributed by atoms with van der Waals surface area (Å²) < 4.78 is 12.3. The Morgan fingerprint density at radius 3 is 1.30 bits per heavy atom. The smallest absolute Gasteiger partial charge is 0.0934 e. The third kappa shape index (κ3) is 37.3.